The minimum absolute atomic E-state index is 0.691. The van der Waals surface area contributed by atoms with Crippen LogP contribution in [0.3, 0.4) is 0 Å². The number of hydrogen-bond acceptors (Lipinski definition) is 3. The SMILES string of the molecule is OCCC(CO)(CO)C(F)(F)F. The van der Waals surface area contributed by atoms with Crippen molar-refractivity contribution in [3.63, 3.8) is 0 Å². The zero-order valence-electron chi connectivity index (χ0n) is 6.30. The molecule has 0 rings (SSSR count). The standard InChI is InChI=1S/C6H11F3O3/c7-6(8,9)5(3-11,4-12)1-2-10/h10-12H,1-4H2. The lowest BCUT2D eigenvalue weighted by atomic mass is 9.86. The number of rotatable bonds is 4. The molecule has 0 aliphatic carbocycles. The smallest absolute Gasteiger partial charge is 0.396 e. The van der Waals surface area contributed by atoms with E-state index in [9.17, 15) is 13.2 Å². The van der Waals surface area contributed by atoms with E-state index < -0.39 is 37.8 Å². The number of halogens is 3. The molecule has 0 fully saturated rings. The first kappa shape index (κ1) is 11.7. The van der Waals surface area contributed by atoms with Gasteiger partial charge in [-0.15, -0.1) is 0 Å². The van der Waals surface area contributed by atoms with E-state index in [1.165, 1.54) is 0 Å². The van der Waals surface area contributed by atoms with Crippen LogP contribution in [0.15, 0.2) is 0 Å². The predicted molar refractivity (Wildman–Crippen MR) is 34.4 cm³/mol. The Balaban J connectivity index is 4.57. The van der Waals surface area contributed by atoms with Gasteiger partial charge in [-0.05, 0) is 6.42 Å². The number of aliphatic hydroxyl groups is 3. The highest BCUT2D eigenvalue weighted by Gasteiger charge is 2.53. The summed E-state index contributed by atoms with van der Waals surface area (Å²) in [5, 5.41) is 25.2. The van der Waals surface area contributed by atoms with Gasteiger partial charge in [0.25, 0.3) is 0 Å². The molecule has 0 saturated carbocycles. The lowest BCUT2D eigenvalue weighted by molar-refractivity contribution is -0.251. The molecule has 0 atom stereocenters. The van der Waals surface area contributed by atoms with Crippen LogP contribution in [0.25, 0.3) is 0 Å². The van der Waals surface area contributed by atoms with Crippen LogP contribution in [0, 0.1) is 5.41 Å². The van der Waals surface area contributed by atoms with Gasteiger partial charge in [-0.3, -0.25) is 0 Å². The normalized spacial score (nSPS) is 13.5. The van der Waals surface area contributed by atoms with Crippen LogP contribution in [0.2, 0.25) is 0 Å². The van der Waals surface area contributed by atoms with E-state index in [1.54, 1.807) is 0 Å². The van der Waals surface area contributed by atoms with Gasteiger partial charge in [-0.25, -0.2) is 0 Å². The molecule has 12 heavy (non-hydrogen) atoms. The van der Waals surface area contributed by atoms with Crippen LogP contribution < -0.4 is 0 Å². The van der Waals surface area contributed by atoms with Crippen molar-refractivity contribution in [1.82, 2.24) is 0 Å². The summed E-state index contributed by atoms with van der Waals surface area (Å²) < 4.78 is 36.4. The Morgan fingerprint density at radius 3 is 1.42 bits per heavy atom. The van der Waals surface area contributed by atoms with Gasteiger partial charge < -0.3 is 15.3 Å². The molecule has 0 unspecified atom stereocenters. The van der Waals surface area contributed by atoms with Gasteiger partial charge >= 0.3 is 6.18 Å². The Hall–Kier alpha value is -0.330. The van der Waals surface area contributed by atoms with Crippen molar-refractivity contribution in [3.05, 3.63) is 0 Å². The Morgan fingerprint density at radius 1 is 0.917 bits per heavy atom. The molecule has 0 aliphatic heterocycles. The second-order valence-corrected chi connectivity index (χ2v) is 2.57. The molecule has 0 amide bonds. The molecule has 0 aromatic carbocycles. The highest BCUT2D eigenvalue weighted by atomic mass is 19.4. The largest absolute Gasteiger partial charge is 0.398 e. The summed E-state index contributed by atoms with van der Waals surface area (Å²) in [6, 6.07) is 0. The van der Waals surface area contributed by atoms with E-state index in [1.807, 2.05) is 0 Å². The van der Waals surface area contributed by atoms with Gasteiger partial charge in [0, 0.05) is 6.61 Å². The Kier molecular flexibility index (Phi) is 3.95. The zero-order valence-corrected chi connectivity index (χ0v) is 6.30. The first-order valence-corrected chi connectivity index (χ1v) is 3.33. The summed E-state index contributed by atoms with van der Waals surface area (Å²) >= 11 is 0. The van der Waals surface area contributed by atoms with E-state index in [4.69, 9.17) is 15.3 Å². The Labute approximate surface area is 67.4 Å². The fraction of sp³-hybridized carbons (Fsp3) is 1.00. The van der Waals surface area contributed by atoms with Crippen LogP contribution in [-0.4, -0.2) is 41.3 Å². The predicted octanol–water partition coefficient (Wildman–Crippen LogP) is -0.0979. The third kappa shape index (κ3) is 2.09. The molecule has 0 aromatic heterocycles. The van der Waals surface area contributed by atoms with Crippen LogP contribution in [0.5, 0.6) is 0 Å². The zero-order chi connectivity index (χ0) is 9.83. The van der Waals surface area contributed by atoms with Crippen LogP contribution in [-0.2, 0) is 0 Å². The summed E-state index contributed by atoms with van der Waals surface area (Å²) in [5.74, 6) is 0. The van der Waals surface area contributed by atoms with Crippen LogP contribution in [0.4, 0.5) is 13.2 Å². The Morgan fingerprint density at radius 2 is 1.33 bits per heavy atom. The molecular weight excluding hydrogens is 177 g/mol. The van der Waals surface area contributed by atoms with Gasteiger partial charge in [0.2, 0.25) is 0 Å². The highest BCUT2D eigenvalue weighted by Crippen LogP contribution is 2.40. The summed E-state index contributed by atoms with van der Waals surface area (Å²) in [6.07, 6.45) is -5.39. The molecule has 74 valence electrons. The van der Waals surface area contributed by atoms with Crippen molar-refractivity contribution in [2.24, 2.45) is 5.41 Å². The molecular formula is C6H11F3O3. The molecule has 0 aliphatic rings. The van der Waals surface area contributed by atoms with E-state index in [0.717, 1.165) is 0 Å². The van der Waals surface area contributed by atoms with Crippen molar-refractivity contribution >= 4 is 0 Å². The van der Waals surface area contributed by atoms with E-state index in [-0.39, 0.29) is 0 Å². The Bertz CT molecular complexity index is 130. The van der Waals surface area contributed by atoms with Gasteiger partial charge in [0.05, 0.1) is 13.2 Å². The maximum Gasteiger partial charge on any atom is 0.398 e. The van der Waals surface area contributed by atoms with Gasteiger partial charge in [0.15, 0.2) is 0 Å². The summed E-state index contributed by atoms with van der Waals surface area (Å²) in [4.78, 5) is 0. The third-order valence-corrected chi connectivity index (χ3v) is 1.80. The van der Waals surface area contributed by atoms with Crippen molar-refractivity contribution in [2.45, 2.75) is 12.6 Å². The van der Waals surface area contributed by atoms with Gasteiger partial charge in [-0.1, -0.05) is 0 Å². The lowest BCUT2D eigenvalue weighted by Crippen LogP contribution is -2.45. The van der Waals surface area contributed by atoms with E-state index in [2.05, 4.69) is 0 Å². The first-order valence-electron chi connectivity index (χ1n) is 3.33. The van der Waals surface area contributed by atoms with E-state index in [0.29, 0.717) is 0 Å². The fourth-order valence-electron chi connectivity index (χ4n) is 0.743. The molecule has 0 bridgehead atoms. The molecule has 0 saturated heterocycles. The van der Waals surface area contributed by atoms with Crippen molar-refractivity contribution in [1.29, 1.82) is 0 Å². The van der Waals surface area contributed by atoms with E-state index >= 15 is 0 Å². The molecule has 0 radical (unpaired) electrons. The minimum atomic E-state index is -4.70. The number of aliphatic hydroxyl groups excluding tert-OH is 3. The van der Waals surface area contributed by atoms with Crippen molar-refractivity contribution in [2.75, 3.05) is 19.8 Å². The van der Waals surface area contributed by atoms with Gasteiger partial charge in [0.1, 0.15) is 5.41 Å². The maximum atomic E-state index is 12.1. The fourth-order valence-corrected chi connectivity index (χ4v) is 0.743. The molecule has 3 N–H and O–H groups in total. The maximum absolute atomic E-state index is 12.1. The molecule has 6 heteroatoms. The third-order valence-electron chi connectivity index (χ3n) is 1.80. The monoisotopic (exact) mass is 188 g/mol. The highest BCUT2D eigenvalue weighted by molar-refractivity contribution is 4.85. The quantitative estimate of drug-likeness (QED) is 0.577. The van der Waals surface area contributed by atoms with Crippen molar-refractivity contribution < 1.29 is 28.5 Å². The first-order chi connectivity index (χ1) is 5.43. The lowest BCUT2D eigenvalue weighted by Gasteiger charge is -2.31. The molecule has 0 heterocycles. The summed E-state index contributed by atoms with van der Waals surface area (Å²) in [5.41, 5.74) is -2.57. The second kappa shape index (κ2) is 4.06. The van der Waals surface area contributed by atoms with Crippen LogP contribution >= 0.6 is 0 Å². The molecule has 0 spiro atoms. The molecule has 0 aromatic rings. The topological polar surface area (TPSA) is 60.7 Å². The number of alkyl halides is 3. The minimum Gasteiger partial charge on any atom is -0.396 e. The van der Waals surface area contributed by atoms with Crippen LogP contribution in [0.1, 0.15) is 6.42 Å². The number of hydrogen-bond donors (Lipinski definition) is 3. The van der Waals surface area contributed by atoms with Crippen molar-refractivity contribution in [3.8, 4) is 0 Å². The average Bonchev–Trinajstić information content (AvgIpc) is 1.98. The molecule has 3 nitrogen and oxygen atoms in total. The summed E-state index contributed by atoms with van der Waals surface area (Å²) in [6.45, 7) is -3.15. The second-order valence-electron chi connectivity index (χ2n) is 2.57. The van der Waals surface area contributed by atoms with Gasteiger partial charge in [-0.2, -0.15) is 13.2 Å². The average molecular weight is 188 g/mol. The summed E-state index contributed by atoms with van der Waals surface area (Å²) in [7, 11) is 0.